The van der Waals surface area contributed by atoms with Crippen LogP contribution in [0.2, 0.25) is 0 Å². The van der Waals surface area contributed by atoms with E-state index in [2.05, 4.69) is 19.1 Å². The number of benzene rings is 1. The zero-order chi connectivity index (χ0) is 21.5. The Morgan fingerprint density at radius 1 is 0.900 bits per heavy atom. The van der Waals surface area contributed by atoms with E-state index >= 15 is 0 Å². The molecule has 1 unspecified atom stereocenters. The molecule has 1 aliphatic heterocycles. The maximum Gasteiger partial charge on any atom is 0.200 e. The zero-order valence-electron chi connectivity index (χ0n) is 17.9. The molecule has 0 saturated heterocycles. The number of phenols is 3. The van der Waals surface area contributed by atoms with Crippen LogP contribution in [0.3, 0.4) is 0 Å². The van der Waals surface area contributed by atoms with Crippen LogP contribution in [-0.4, -0.2) is 20.4 Å². The Labute approximate surface area is 179 Å². The SMILES string of the molecule is CCCCCCCCCCC1C=C2OC(c3cc(O)c(O)c(O)c3)=C(O)CC2=CC1. The molecule has 0 radical (unpaired) electrons. The van der Waals surface area contributed by atoms with Crippen LogP contribution in [-0.2, 0) is 4.74 Å². The average Bonchev–Trinajstić information content (AvgIpc) is 2.73. The van der Waals surface area contributed by atoms with Crippen molar-refractivity contribution < 1.29 is 25.2 Å². The quantitative estimate of drug-likeness (QED) is 0.249. The molecule has 0 bridgehead atoms. The van der Waals surface area contributed by atoms with Gasteiger partial charge in [-0.05, 0) is 42.5 Å². The summed E-state index contributed by atoms with van der Waals surface area (Å²) < 4.78 is 5.97. The van der Waals surface area contributed by atoms with E-state index in [9.17, 15) is 20.4 Å². The van der Waals surface area contributed by atoms with E-state index in [1.165, 1.54) is 63.5 Å². The molecule has 1 aromatic carbocycles. The van der Waals surface area contributed by atoms with Crippen molar-refractivity contribution in [1.82, 2.24) is 0 Å². The van der Waals surface area contributed by atoms with Gasteiger partial charge in [-0.25, -0.2) is 0 Å². The predicted octanol–water partition coefficient (Wildman–Crippen LogP) is 6.81. The van der Waals surface area contributed by atoms with Gasteiger partial charge in [0.2, 0.25) is 0 Å². The van der Waals surface area contributed by atoms with Gasteiger partial charge in [0, 0.05) is 12.0 Å². The van der Waals surface area contributed by atoms with Crippen LogP contribution in [0, 0.1) is 5.92 Å². The average molecular weight is 415 g/mol. The van der Waals surface area contributed by atoms with Crippen LogP contribution in [0.4, 0.5) is 0 Å². The number of allylic oxidation sites excluding steroid dienone is 4. The Kier molecular flexibility index (Phi) is 7.72. The van der Waals surface area contributed by atoms with Crippen molar-refractivity contribution in [3.63, 3.8) is 0 Å². The largest absolute Gasteiger partial charge is 0.508 e. The number of hydrogen-bond donors (Lipinski definition) is 4. The molecule has 1 atom stereocenters. The Morgan fingerprint density at radius 2 is 1.53 bits per heavy atom. The standard InChI is InChI=1S/C25H34O5/c1-2-3-4-5-6-7-8-9-10-17-11-12-18-14-22(28)25(30-23(18)13-17)19-15-20(26)24(29)21(27)16-19/h12-13,15-17,26-29H,2-11,14H2,1H3. The van der Waals surface area contributed by atoms with Crippen LogP contribution in [0.15, 0.2) is 41.4 Å². The number of rotatable bonds is 10. The van der Waals surface area contributed by atoms with Crippen molar-refractivity contribution in [2.75, 3.05) is 0 Å². The molecule has 0 aromatic heterocycles. The Bertz CT molecular complexity index is 811. The number of hydrogen-bond acceptors (Lipinski definition) is 5. The summed E-state index contributed by atoms with van der Waals surface area (Å²) in [5.41, 5.74) is 1.29. The van der Waals surface area contributed by atoms with Gasteiger partial charge in [0.25, 0.3) is 0 Å². The zero-order valence-corrected chi connectivity index (χ0v) is 17.9. The number of unbranched alkanes of at least 4 members (excludes halogenated alkanes) is 7. The predicted molar refractivity (Wildman–Crippen MR) is 118 cm³/mol. The molecule has 1 aliphatic carbocycles. The van der Waals surface area contributed by atoms with Gasteiger partial charge in [0.1, 0.15) is 11.5 Å². The number of aliphatic hydroxyl groups is 1. The highest BCUT2D eigenvalue weighted by Crippen LogP contribution is 2.43. The van der Waals surface area contributed by atoms with Crippen molar-refractivity contribution in [3.8, 4) is 17.2 Å². The smallest absolute Gasteiger partial charge is 0.200 e. The van der Waals surface area contributed by atoms with E-state index in [4.69, 9.17) is 4.74 Å². The Hall–Kier alpha value is -2.56. The first-order valence-corrected chi connectivity index (χ1v) is 11.3. The maximum atomic E-state index is 10.4. The summed E-state index contributed by atoms with van der Waals surface area (Å²) in [5, 5.41) is 39.5. The normalized spacial score (nSPS) is 18.5. The van der Waals surface area contributed by atoms with Gasteiger partial charge < -0.3 is 25.2 Å². The van der Waals surface area contributed by atoms with Crippen LogP contribution < -0.4 is 0 Å². The van der Waals surface area contributed by atoms with Crippen molar-refractivity contribution in [1.29, 1.82) is 0 Å². The minimum Gasteiger partial charge on any atom is -0.508 e. The maximum absolute atomic E-state index is 10.4. The molecule has 4 N–H and O–H groups in total. The van der Waals surface area contributed by atoms with Crippen molar-refractivity contribution in [2.24, 2.45) is 5.92 Å². The third kappa shape index (κ3) is 5.53. The van der Waals surface area contributed by atoms with E-state index in [1.807, 2.05) is 0 Å². The molecule has 30 heavy (non-hydrogen) atoms. The van der Waals surface area contributed by atoms with Crippen LogP contribution in [0.25, 0.3) is 5.76 Å². The highest BCUT2D eigenvalue weighted by atomic mass is 16.5. The van der Waals surface area contributed by atoms with Crippen LogP contribution in [0.1, 0.15) is 83.1 Å². The van der Waals surface area contributed by atoms with Gasteiger partial charge in [-0.2, -0.15) is 0 Å². The van der Waals surface area contributed by atoms with E-state index in [1.54, 1.807) is 0 Å². The topological polar surface area (TPSA) is 90.2 Å². The highest BCUT2D eigenvalue weighted by Gasteiger charge is 2.27. The van der Waals surface area contributed by atoms with E-state index in [0.717, 1.165) is 24.2 Å². The second-order valence-electron chi connectivity index (χ2n) is 8.44. The number of aliphatic hydroxyl groups excluding tert-OH is 1. The lowest BCUT2D eigenvalue weighted by atomic mass is 9.88. The van der Waals surface area contributed by atoms with E-state index in [-0.39, 0.29) is 11.5 Å². The van der Waals surface area contributed by atoms with Crippen molar-refractivity contribution in [3.05, 3.63) is 46.9 Å². The number of ether oxygens (including phenoxy) is 1. The highest BCUT2D eigenvalue weighted by molar-refractivity contribution is 5.70. The monoisotopic (exact) mass is 414 g/mol. The number of phenolic OH excluding ortho intramolecular Hbond substituents is 3. The molecule has 1 aromatic rings. The van der Waals surface area contributed by atoms with Crippen LogP contribution in [0.5, 0.6) is 17.2 Å². The molecule has 0 spiro atoms. The fourth-order valence-electron chi connectivity index (χ4n) is 4.17. The number of fused-ring (bicyclic) bond motifs is 1. The van der Waals surface area contributed by atoms with Gasteiger partial charge in [-0.1, -0.05) is 64.4 Å². The summed E-state index contributed by atoms with van der Waals surface area (Å²) in [7, 11) is 0. The number of aromatic hydroxyl groups is 3. The molecule has 164 valence electrons. The second-order valence-corrected chi connectivity index (χ2v) is 8.44. The van der Waals surface area contributed by atoms with E-state index < -0.39 is 17.2 Å². The van der Waals surface area contributed by atoms with Gasteiger partial charge >= 0.3 is 0 Å². The Morgan fingerprint density at radius 3 is 2.20 bits per heavy atom. The van der Waals surface area contributed by atoms with Gasteiger partial charge in [-0.3, -0.25) is 0 Å². The molecular weight excluding hydrogens is 380 g/mol. The van der Waals surface area contributed by atoms with Crippen molar-refractivity contribution >= 4 is 5.76 Å². The lowest BCUT2D eigenvalue weighted by Gasteiger charge is -2.27. The summed E-state index contributed by atoms with van der Waals surface area (Å²) in [6.07, 6.45) is 17.2. The summed E-state index contributed by atoms with van der Waals surface area (Å²) in [4.78, 5) is 0. The van der Waals surface area contributed by atoms with Gasteiger partial charge in [0.05, 0.1) is 0 Å². The van der Waals surface area contributed by atoms with Gasteiger partial charge in [0.15, 0.2) is 23.0 Å². The minimum atomic E-state index is -0.586. The molecule has 0 fully saturated rings. The van der Waals surface area contributed by atoms with E-state index in [0.29, 0.717) is 17.9 Å². The first-order chi connectivity index (χ1) is 14.5. The summed E-state index contributed by atoms with van der Waals surface area (Å²) in [6, 6.07) is 2.55. The lowest BCUT2D eigenvalue weighted by Crippen LogP contribution is -2.13. The fraction of sp³-hybridized carbons (Fsp3) is 0.520. The Balaban J connectivity index is 1.56. The lowest BCUT2D eigenvalue weighted by molar-refractivity contribution is 0.302. The van der Waals surface area contributed by atoms with Crippen LogP contribution >= 0.6 is 0 Å². The molecule has 2 aliphatic rings. The third-order valence-corrected chi connectivity index (χ3v) is 5.96. The fourth-order valence-corrected chi connectivity index (χ4v) is 4.17. The molecular formula is C25H34O5. The first-order valence-electron chi connectivity index (χ1n) is 11.3. The first kappa shape index (κ1) is 22.1. The third-order valence-electron chi connectivity index (χ3n) is 5.96. The minimum absolute atomic E-state index is 0.0458. The summed E-state index contributed by atoms with van der Waals surface area (Å²) >= 11 is 0. The molecule has 0 amide bonds. The van der Waals surface area contributed by atoms with Crippen molar-refractivity contribution in [2.45, 2.75) is 77.6 Å². The summed E-state index contributed by atoms with van der Waals surface area (Å²) in [6.45, 7) is 2.24. The molecule has 3 rings (SSSR count). The van der Waals surface area contributed by atoms with Gasteiger partial charge in [-0.15, -0.1) is 0 Å². The second kappa shape index (κ2) is 10.5. The molecule has 5 heteroatoms. The molecule has 5 nitrogen and oxygen atoms in total. The molecule has 1 heterocycles. The summed E-state index contributed by atoms with van der Waals surface area (Å²) in [5.74, 6) is -0.0859. The molecule has 0 saturated carbocycles.